The topological polar surface area (TPSA) is 105 Å². The minimum atomic E-state index is -0.520. The van der Waals surface area contributed by atoms with E-state index in [1.165, 1.54) is 16.7 Å². The van der Waals surface area contributed by atoms with E-state index in [4.69, 9.17) is 9.72 Å². The molecule has 1 aromatic carbocycles. The molecular formula is C32H38N9O2+. The summed E-state index contributed by atoms with van der Waals surface area (Å²) in [6.07, 6.45) is 7.75. The van der Waals surface area contributed by atoms with Crippen LogP contribution in [0.2, 0.25) is 0 Å². The molecule has 1 saturated heterocycles. The largest absolute Gasteiger partial charge is 0.444 e. The molecule has 11 nitrogen and oxygen atoms in total. The second-order valence-electron chi connectivity index (χ2n) is 12.2. The fourth-order valence-electron chi connectivity index (χ4n) is 5.52. The average Bonchev–Trinajstić information content (AvgIpc) is 3.33. The first-order valence-electron chi connectivity index (χ1n) is 14.6. The number of fused-ring (bicyclic) bond motifs is 2. The number of amides is 1. The molecule has 1 aliphatic rings. The Morgan fingerprint density at radius 2 is 1.93 bits per heavy atom. The molecule has 1 N–H and O–H groups in total. The van der Waals surface area contributed by atoms with Gasteiger partial charge in [0.05, 0.1) is 17.9 Å². The summed E-state index contributed by atoms with van der Waals surface area (Å²) in [5.41, 5.74) is 5.78. The Bertz CT molecular complexity index is 1810. The number of carbonyl (C=O) groups is 1. The van der Waals surface area contributed by atoms with Crippen molar-refractivity contribution in [1.82, 2.24) is 29.4 Å². The van der Waals surface area contributed by atoms with Gasteiger partial charge in [-0.1, -0.05) is 6.07 Å². The number of nitrogens with one attached hydrogen (secondary N) is 1. The highest BCUT2D eigenvalue weighted by molar-refractivity contribution is 5.92. The van der Waals surface area contributed by atoms with Gasteiger partial charge in [-0.3, -0.25) is 0 Å². The zero-order chi connectivity index (χ0) is 30.3. The van der Waals surface area contributed by atoms with Gasteiger partial charge in [-0.25, -0.2) is 19.7 Å². The van der Waals surface area contributed by atoms with Crippen LogP contribution in [0.1, 0.15) is 44.4 Å². The predicted octanol–water partition coefficient (Wildman–Crippen LogP) is 4.59. The minimum absolute atomic E-state index is 0.0689. The van der Waals surface area contributed by atoms with Gasteiger partial charge in [0.1, 0.15) is 30.6 Å². The molecule has 0 unspecified atom stereocenters. The number of pyridine rings is 2. The summed E-state index contributed by atoms with van der Waals surface area (Å²) in [5, 5.41) is 4.39. The molecule has 0 bridgehead atoms. The number of nitrogens with zero attached hydrogens (tertiary/aromatic N) is 8. The number of aromatic nitrogens is 6. The molecule has 1 aliphatic heterocycles. The predicted molar refractivity (Wildman–Crippen MR) is 166 cm³/mol. The maximum absolute atomic E-state index is 12.6. The van der Waals surface area contributed by atoms with Crippen molar-refractivity contribution in [3.8, 4) is 0 Å². The molecule has 1 atom stereocenters. The van der Waals surface area contributed by atoms with E-state index in [1.54, 1.807) is 17.4 Å². The smallest absolute Gasteiger partial charge is 0.410 e. The summed E-state index contributed by atoms with van der Waals surface area (Å²) < 4.78 is 9.55. The van der Waals surface area contributed by atoms with Gasteiger partial charge in [-0.15, -0.1) is 4.52 Å². The van der Waals surface area contributed by atoms with Crippen LogP contribution in [0.4, 0.5) is 22.1 Å². The van der Waals surface area contributed by atoms with E-state index in [0.717, 1.165) is 40.3 Å². The zero-order valence-corrected chi connectivity index (χ0v) is 25.6. The number of ether oxygens (including phenoxy) is 1. The molecule has 0 spiro atoms. The number of carbonyl (C=O) groups excluding carboxylic acids is 1. The van der Waals surface area contributed by atoms with Gasteiger partial charge in [0.2, 0.25) is 0 Å². The van der Waals surface area contributed by atoms with E-state index in [1.807, 2.05) is 55.6 Å². The quantitative estimate of drug-likeness (QED) is 0.301. The summed E-state index contributed by atoms with van der Waals surface area (Å²) >= 11 is 0. The SMILES string of the molecule is Cc1cc(Nc2ncnc3cnc(N4CCN(C(=O)OC(C)(C)C)C[C@@H]4C)cc23)ccc1Cc1ccn2c(c1)nc[n+]2C. The summed E-state index contributed by atoms with van der Waals surface area (Å²) in [6.45, 7) is 11.7. The Labute approximate surface area is 251 Å². The van der Waals surface area contributed by atoms with Crippen molar-refractivity contribution in [3.63, 3.8) is 0 Å². The maximum Gasteiger partial charge on any atom is 0.410 e. The second kappa shape index (κ2) is 11.1. The normalized spacial score (nSPS) is 15.7. The van der Waals surface area contributed by atoms with Crippen molar-refractivity contribution in [3.05, 3.63) is 78.1 Å². The lowest BCUT2D eigenvalue weighted by atomic mass is 10.0. The molecule has 1 fully saturated rings. The third-order valence-electron chi connectivity index (χ3n) is 7.76. The summed E-state index contributed by atoms with van der Waals surface area (Å²) in [6, 6.07) is 12.8. The number of aryl methyl sites for hydroxylation is 2. The van der Waals surface area contributed by atoms with Gasteiger partial charge in [0.25, 0.3) is 5.65 Å². The molecule has 5 aromatic rings. The van der Waals surface area contributed by atoms with Crippen LogP contribution in [0.15, 0.2) is 61.4 Å². The number of hydrogen-bond donors (Lipinski definition) is 1. The molecule has 222 valence electrons. The van der Waals surface area contributed by atoms with Gasteiger partial charge >= 0.3 is 12.4 Å². The van der Waals surface area contributed by atoms with E-state index < -0.39 is 5.60 Å². The number of hydrogen-bond acceptors (Lipinski definition) is 8. The fourth-order valence-corrected chi connectivity index (χ4v) is 5.52. The van der Waals surface area contributed by atoms with E-state index in [9.17, 15) is 4.79 Å². The Hall–Kier alpha value is -4.80. The van der Waals surface area contributed by atoms with Gasteiger partial charge in [-0.05, 0) is 87.0 Å². The molecule has 1 amide bonds. The molecule has 0 aliphatic carbocycles. The number of piperazine rings is 1. The van der Waals surface area contributed by atoms with Crippen molar-refractivity contribution in [2.75, 3.05) is 29.9 Å². The zero-order valence-electron chi connectivity index (χ0n) is 25.6. The molecule has 11 heteroatoms. The van der Waals surface area contributed by atoms with Gasteiger partial charge in [-0.2, -0.15) is 4.68 Å². The second-order valence-corrected chi connectivity index (χ2v) is 12.2. The van der Waals surface area contributed by atoms with Crippen LogP contribution in [-0.4, -0.2) is 66.7 Å². The van der Waals surface area contributed by atoms with Crippen LogP contribution in [0, 0.1) is 6.92 Å². The maximum atomic E-state index is 12.6. The standard InChI is InChI=1S/C32H38N9O2/c1-21-13-25(8-7-24(21)14-23-9-10-41-29(15-23)36-20-38(41)6)37-30-26-16-28(33-17-27(26)34-19-35-30)40-12-11-39(18-22(40)2)31(42)43-32(3,4)5/h7-10,13,15-17,19-20,22H,11-12,14,18H2,1-6H3,(H,34,35,37)/q+1/t22-/m0/s1. The Kier molecular flexibility index (Phi) is 7.33. The number of rotatable bonds is 5. The van der Waals surface area contributed by atoms with Crippen molar-refractivity contribution in [2.45, 2.75) is 52.7 Å². The molecule has 4 aromatic heterocycles. The molecular weight excluding hydrogens is 542 g/mol. The summed E-state index contributed by atoms with van der Waals surface area (Å²) in [4.78, 5) is 34.8. The van der Waals surface area contributed by atoms with Crippen LogP contribution in [0.25, 0.3) is 16.6 Å². The molecule has 43 heavy (non-hydrogen) atoms. The third-order valence-corrected chi connectivity index (χ3v) is 7.76. The molecule has 6 rings (SSSR count). The van der Waals surface area contributed by atoms with Crippen LogP contribution in [0.5, 0.6) is 0 Å². The van der Waals surface area contributed by atoms with E-state index >= 15 is 0 Å². The van der Waals surface area contributed by atoms with E-state index in [2.05, 4.69) is 69.3 Å². The van der Waals surface area contributed by atoms with Gasteiger partial charge in [0.15, 0.2) is 0 Å². The molecule has 5 heterocycles. The Balaban J connectivity index is 1.19. The average molecular weight is 581 g/mol. The highest BCUT2D eigenvalue weighted by atomic mass is 16.6. The first-order valence-corrected chi connectivity index (χ1v) is 14.6. The van der Waals surface area contributed by atoms with Crippen LogP contribution >= 0.6 is 0 Å². The minimum Gasteiger partial charge on any atom is -0.444 e. The van der Waals surface area contributed by atoms with Crippen molar-refractivity contribution >= 4 is 40.0 Å². The van der Waals surface area contributed by atoms with Gasteiger partial charge in [0, 0.05) is 42.8 Å². The number of benzene rings is 1. The lowest BCUT2D eigenvalue weighted by Gasteiger charge is -2.40. The Morgan fingerprint density at radius 3 is 2.70 bits per heavy atom. The summed E-state index contributed by atoms with van der Waals surface area (Å²) in [7, 11) is 1.98. The van der Waals surface area contributed by atoms with Crippen molar-refractivity contribution in [2.24, 2.45) is 7.05 Å². The fraction of sp³-hybridized carbons (Fsp3) is 0.375. The lowest BCUT2D eigenvalue weighted by molar-refractivity contribution is -0.739. The first-order chi connectivity index (χ1) is 20.5. The first kappa shape index (κ1) is 28.3. The van der Waals surface area contributed by atoms with Crippen molar-refractivity contribution in [1.29, 1.82) is 0 Å². The summed E-state index contributed by atoms with van der Waals surface area (Å²) in [5.74, 6) is 1.55. The van der Waals surface area contributed by atoms with E-state index in [-0.39, 0.29) is 12.1 Å². The van der Waals surface area contributed by atoms with Gasteiger partial charge < -0.3 is 19.9 Å². The highest BCUT2D eigenvalue weighted by Gasteiger charge is 2.30. The monoisotopic (exact) mass is 580 g/mol. The molecule has 0 radical (unpaired) electrons. The van der Waals surface area contributed by atoms with Crippen LogP contribution in [-0.2, 0) is 18.2 Å². The Morgan fingerprint density at radius 1 is 1.09 bits per heavy atom. The van der Waals surface area contributed by atoms with Crippen LogP contribution < -0.4 is 14.9 Å². The highest BCUT2D eigenvalue weighted by Crippen LogP contribution is 2.29. The van der Waals surface area contributed by atoms with Crippen LogP contribution in [0.3, 0.4) is 0 Å². The number of anilines is 3. The van der Waals surface area contributed by atoms with E-state index in [0.29, 0.717) is 19.6 Å². The third kappa shape index (κ3) is 6.06. The molecule has 0 saturated carbocycles. The van der Waals surface area contributed by atoms with Crippen molar-refractivity contribution < 1.29 is 14.2 Å². The lowest BCUT2D eigenvalue weighted by Crippen LogP contribution is -2.54.